The maximum absolute atomic E-state index is 12.6. The highest BCUT2D eigenvalue weighted by Gasteiger charge is 2.67. The predicted molar refractivity (Wildman–Crippen MR) is 75.7 cm³/mol. The highest BCUT2D eigenvalue weighted by molar-refractivity contribution is 7.14. The molecular weight excluding hydrogens is 272 g/mol. The van der Waals surface area contributed by atoms with Crippen molar-refractivity contribution in [3.63, 3.8) is 0 Å². The molecule has 1 aromatic rings. The van der Waals surface area contributed by atoms with Crippen LogP contribution in [0.3, 0.4) is 0 Å². The van der Waals surface area contributed by atoms with Gasteiger partial charge in [-0.2, -0.15) is 0 Å². The Labute approximate surface area is 122 Å². The third-order valence-corrected chi connectivity index (χ3v) is 6.59. The average molecular weight is 290 g/mol. The third kappa shape index (κ3) is 1.77. The Morgan fingerprint density at radius 1 is 1.25 bits per heavy atom. The standard InChI is InChI=1S/C16H18O3S/c1-19-12(17)7-10-4-5-11(20-10)16(18)15-13-8-2-3-9(6-8)14(13)15/h4-5,8-9,13-15H,2-3,6-7H2,1H3. The molecular formula is C16H18O3S. The van der Waals surface area contributed by atoms with E-state index >= 15 is 0 Å². The molecule has 0 aromatic carbocycles. The first-order valence-corrected chi connectivity index (χ1v) is 8.20. The van der Waals surface area contributed by atoms with Gasteiger partial charge in [-0.15, -0.1) is 11.3 Å². The van der Waals surface area contributed by atoms with E-state index in [9.17, 15) is 9.59 Å². The summed E-state index contributed by atoms with van der Waals surface area (Å²) in [4.78, 5) is 25.6. The van der Waals surface area contributed by atoms with E-state index in [2.05, 4.69) is 4.74 Å². The molecule has 0 radical (unpaired) electrons. The normalized spacial score (nSPS) is 36.8. The van der Waals surface area contributed by atoms with Gasteiger partial charge in [-0.25, -0.2) is 0 Å². The third-order valence-electron chi connectivity index (χ3n) is 5.49. The number of ether oxygens (including phenoxy) is 1. The summed E-state index contributed by atoms with van der Waals surface area (Å²) in [5.41, 5.74) is 0. The van der Waals surface area contributed by atoms with E-state index < -0.39 is 0 Å². The van der Waals surface area contributed by atoms with E-state index in [0.717, 1.165) is 21.6 Å². The first-order valence-electron chi connectivity index (χ1n) is 7.38. The zero-order chi connectivity index (χ0) is 13.9. The number of thiophene rings is 1. The van der Waals surface area contributed by atoms with Gasteiger partial charge in [0.15, 0.2) is 5.78 Å². The van der Waals surface area contributed by atoms with Crippen molar-refractivity contribution in [2.45, 2.75) is 25.7 Å². The molecule has 3 nitrogen and oxygen atoms in total. The minimum Gasteiger partial charge on any atom is -0.469 e. The molecule has 3 fully saturated rings. The number of rotatable bonds is 4. The molecule has 3 aliphatic carbocycles. The first kappa shape index (κ1) is 12.6. The number of carbonyl (C=O) groups excluding carboxylic acids is 2. The van der Waals surface area contributed by atoms with Crippen molar-refractivity contribution in [3.8, 4) is 0 Å². The maximum Gasteiger partial charge on any atom is 0.310 e. The zero-order valence-electron chi connectivity index (χ0n) is 11.5. The van der Waals surface area contributed by atoms with Crippen LogP contribution in [0, 0.1) is 29.6 Å². The number of methoxy groups -OCH3 is 1. The zero-order valence-corrected chi connectivity index (χ0v) is 12.3. The van der Waals surface area contributed by atoms with E-state index in [4.69, 9.17) is 0 Å². The van der Waals surface area contributed by atoms with Crippen LogP contribution in [-0.2, 0) is 16.0 Å². The number of carbonyl (C=O) groups is 2. The van der Waals surface area contributed by atoms with Gasteiger partial charge >= 0.3 is 5.97 Å². The van der Waals surface area contributed by atoms with E-state index in [1.54, 1.807) is 0 Å². The minimum atomic E-state index is -0.243. The Hall–Kier alpha value is -1.16. The SMILES string of the molecule is COC(=O)Cc1ccc(C(=O)C2C3C4CCC(C4)C23)s1. The number of esters is 1. The summed E-state index contributed by atoms with van der Waals surface area (Å²) in [5.74, 6) is 3.41. The van der Waals surface area contributed by atoms with Crippen LogP contribution in [0.5, 0.6) is 0 Å². The van der Waals surface area contributed by atoms with Crippen molar-refractivity contribution in [1.29, 1.82) is 0 Å². The van der Waals surface area contributed by atoms with Crippen molar-refractivity contribution < 1.29 is 14.3 Å². The van der Waals surface area contributed by atoms with Crippen LogP contribution in [0.25, 0.3) is 0 Å². The number of hydrogen-bond donors (Lipinski definition) is 0. The molecule has 4 rings (SSSR count). The van der Waals surface area contributed by atoms with Gasteiger partial charge in [0, 0.05) is 10.8 Å². The van der Waals surface area contributed by atoms with Gasteiger partial charge in [-0.1, -0.05) is 0 Å². The van der Waals surface area contributed by atoms with Crippen LogP contribution >= 0.6 is 11.3 Å². The van der Waals surface area contributed by atoms with Gasteiger partial charge in [0.25, 0.3) is 0 Å². The summed E-state index contributed by atoms with van der Waals surface area (Å²) in [6.45, 7) is 0. The average Bonchev–Trinajstić information content (AvgIpc) is 2.84. The molecule has 20 heavy (non-hydrogen) atoms. The van der Waals surface area contributed by atoms with Gasteiger partial charge in [-0.3, -0.25) is 9.59 Å². The quantitative estimate of drug-likeness (QED) is 0.632. The van der Waals surface area contributed by atoms with E-state index in [1.165, 1.54) is 37.7 Å². The Morgan fingerprint density at radius 2 is 1.95 bits per heavy atom. The smallest absolute Gasteiger partial charge is 0.310 e. The summed E-state index contributed by atoms with van der Waals surface area (Å²) in [6, 6.07) is 3.78. The summed E-state index contributed by atoms with van der Waals surface area (Å²) in [6.07, 6.45) is 4.33. The highest BCUT2D eigenvalue weighted by Crippen LogP contribution is 2.70. The lowest BCUT2D eigenvalue weighted by atomic mass is 9.99. The second-order valence-electron chi connectivity index (χ2n) is 6.40. The lowest BCUT2D eigenvalue weighted by molar-refractivity contribution is -0.139. The lowest BCUT2D eigenvalue weighted by Gasteiger charge is -2.06. The Kier molecular flexibility index (Phi) is 2.78. The molecule has 3 saturated carbocycles. The van der Waals surface area contributed by atoms with Gasteiger partial charge in [0.05, 0.1) is 18.4 Å². The molecule has 4 unspecified atom stereocenters. The predicted octanol–water partition coefficient (Wildman–Crippen LogP) is 2.94. The second-order valence-corrected chi connectivity index (χ2v) is 7.57. The van der Waals surface area contributed by atoms with E-state index in [-0.39, 0.29) is 12.4 Å². The molecule has 0 amide bonds. The topological polar surface area (TPSA) is 43.4 Å². The van der Waals surface area contributed by atoms with Crippen LogP contribution in [-0.4, -0.2) is 18.9 Å². The van der Waals surface area contributed by atoms with Crippen LogP contribution in [0.2, 0.25) is 0 Å². The van der Waals surface area contributed by atoms with Gasteiger partial charge in [0.1, 0.15) is 0 Å². The van der Waals surface area contributed by atoms with Crippen LogP contribution < -0.4 is 0 Å². The first-order chi connectivity index (χ1) is 9.69. The van der Waals surface area contributed by atoms with Crippen molar-refractivity contribution in [2.24, 2.45) is 29.6 Å². The fourth-order valence-corrected chi connectivity index (χ4v) is 5.64. The monoisotopic (exact) mass is 290 g/mol. The van der Waals surface area contributed by atoms with Crippen molar-refractivity contribution >= 4 is 23.1 Å². The van der Waals surface area contributed by atoms with Gasteiger partial charge in [0.2, 0.25) is 0 Å². The number of ketones is 1. The number of Topliss-reactive ketones (excluding diaryl/α,β-unsaturated/α-hetero) is 1. The summed E-state index contributed by atoms with van der Waals surface area (Å²) >= 11 is 1.46. The van der Waals surface area contributed by atoms with E-state index in [0.29, 0.717) is 23.5 Å². The van der Waals surface area contributed by atoms with Crippen molar-refractivity contribution in [3.05, 3.63) is 21.9 Å². The molecule has 0 saturated heterocycles. The van der Waals surface area contributed by atoms with Crippen LogP contribution in [0.4, 0.5) is 0 Å². The molecule has 1 heterocycles. The Balaban J connectivity index is 1.46. The molecule has 0 spiro atoms. The molecule has 0 aliphatic heterocycles. The summed E-state index contributed by atoms with van der Waals surface area (Å²) in [7, 11) is 1.39. The van der Waals surface area contributed by atoms with Gasteiger partial charge in [-0.05, 0) is 55.1 Å². The summed E-state index contributed by atoms with van der Waals surface area (Å²) in [5, 5.41) is 0. The summed E-state index contributed by atoms with van der Waals surface area (Å²) < 4.78 is 4.66. The molecule has 4 atom stereocenters. The maximum atomic E-state index is 12.6. The fraction of sp³-hybridized carbons (Fsp3) is 0.625. The molecule has 4 heteroatoms. The van der Waals surface area contributed by atoms with Crippen LogP contribution in [0.1, 0.15) is 33.8 Å². The molecule has 1 aromatic heterocycles. The largest absolute Gasteiger partial charge is 0.469 e. The van der Waals surface area contributed by atoms with E-state index in [1.807, 2.05) is 12.1 Å². The number of fused-ring (bicyclic) bond motifs is 5. The lowest BCUT2D eigenvalue weighted by Crippen LogP contribution is -2.08. The fourth-order valence-electron chi connectivity index (χ4n) is 4.66. The minimum absolute atomic E-state index is 0.243. The highest BCUT2D eigenvalue weighted by atomic mass is 32.1. The van der Waals surface area contributed by atoms with Crippen LogP contribution in [0.15, 0.2) is 12.1 Å². The molecule has 106 valence electrons. The van der Waals surface area contributed by atoms with Crippen molar-refractivity contribution in [2.75, 3.05) is 7.11 Å². The second kappa shape index (κ2) is 4.42. The molecule has 3 aliphatic rings. The molecule has 0 N–H and O–H groups in total. The Bertz CT molecular complexity index is 560. The number of hydrogen-bond acceptors (Lipinski definition) is 4. The Morgan fingerprint density at radius 3 is 2.60 bits per heavy atom. The van der Waals surface area contributed by atoms with Gasteiger partial charge < -0.3 is 4.74 Å². The molecule has 2 bridgehead atoms. The van der Waals surface area contributed by atoms with Crippen molar-refractivity contribution in [1.82, 2.24) is 0 Å².